The van der Waals surface area contributed by atoms with Gasteiger partial charge in [0, 0.05) is 16.9 Å². The molecule has 0 aliphatic rings. The van der Waals surface area contributed by atoms with Crippen LogP contribution in [0.3, 0.4) is 0 Å². The molecule has 1 aromatic carbocycles. The summed E-state index contributed by atoms with van der Waals surface area (Å²) >= 11 is 1.22. The van der Waals surface area contributed by atoms with Crippen LogP contribution in [-0.4, -0.2) is 26.2 Å². The van der Waals surface area contributed by atoms with E-state index >= 15 is 0 Å². The van der Waals surface area contributed by atoms with Gasteiger partial charge in [-0.25, -0.2) is 12.8 Å². The molecule has 14 heavy (non-hydrogen) atoms. The van der Waals surface area contributed by atoms with Crippen LogP contribution in [0.5, 0.6) is 0 Å². The van der Waals surface area contributed by atoms with Gasteiger partial charge in [-0.15, -0.1) is 11.8 Å². The van der Waals surface area contributed by atoms with Gasteiger partial charge in [0.25, 0.3) is 0 Å². The van der Waals surface area contributed by atoms with Crippen LogP contribution in [0, 0.1) is 5.82 Å². The summed E-state index contributed by atoms with van der Waals surface area (Å²) in [5.74, 6) is 0.164. The first-order valence-electron chi connectivity index (χ1n) is 4.04. The van der Waals surface area contributed by atoms with Gasteiger partial charge in [0.1, 0.15) is 15.7 Å². The fourth-order valence-corrected chi connectivity index (χ4v) is 3.01. The third-order valence-corrected chi connectivity index (χ3v) is 3.80. The van der Waals surface area contributed by atoms with Crippen molar-refractivity contribution in [1.82, 2.24) is 0 Å². The molecule has 5 heteroatoms. The highest BCUT2D eigenvalue weighted by Gasteiger charge is 2.04. The molecule has 0 heterocycles. The van der Waals surface area contributed by atoms with Gasteiger partial charge >= 0.3 is 0 Å². The number of sulfone groups is 1. The van der Waals surface area contributed by atoms with Crippen molar-refractivity contribution in [1.29, 1.82) is 0 Å². The summed E-state index contributed by atoms with van der Waals surface area (Å²) in [6, 6.07) is 6.34. The standard InChI is InChI=1S/C9H11FO2S2/c1-14(11,12)7-6-13-9-5-3-2-4-8(9)10/h2-5H,6-7H2,1H3. The zero-order valence-electron chi connectivity index (χ0n) is 7.73. The molecule has 0 aromatic heterocycles. The van der Waals surface area contributed by atoms with Crippen LogP contribution in [0.25, 0.3) is 0 Å². The minimum atomic E-state index is -2.95. The van der Waals surface area contributed by atoms with Crippen molar-refractivity contribution in [3.63, 3.8) is 0 Å². The van der Waals surface area contributed by atoms with Gasteiger partial charge in [-0.3, -0.25) is 0 Å². The Labute approximate surface area is 87.4 Å². The Hall–Kier alpha value is -0.550. The van der Waals surface area contributed by atoms with Crippen molar-refractivity contribution in [2.45, 2.75) is 4.90 Å². The molecule has 0 saturated heterocycles. The molecular formula is C9H11FO2S2. The predicted molar refractivity (Wildman–Crippen MR) is 56.8 cm³/mol. The lowest BCUT2D eigenvalue weighted by Crippen LogP contribution is -2.05. The monoisotopic (exact) mass is 234 g/mol. The van der Waals surface area contributed by atoms with E-state index in [1.54, 1.807) is 18.2 Å². The molecule has 0 N–H and O–H groups in total. The molecule has 1 aromatic rings. The molecule has 0 fully saturated rings. The molecule has 0 spiro atoms. The Morgan fingerprint density at radius 2 is 2.00 bits per heavy atom. The van der Waals surface area contributed by atoms with E-state index in [1.807, 2.05) is 0 Å². The molecule has 1 rings (SSSR count). The average molecular weight is 234 g/mol. The quantitative estimate of drug-likeness (QED) is 0.747. The molecular weight excluding hydrogens is 223 g/mol. The zero-order valence-corrected chi connectivity index (χ0v) is 9.37. The van der Waals surface area contributed by atoms with Gasteiger partial charge in [0.05, 0.1) is 5.75 Å². The Morgan fingerprint density at radius 3 is 2.57 bits per heavy atom. The molecule has 0 aliphatic carbocycles. The van der Waals surface area contributed by atoms with E-state index in [0.717, 1.165) is 0 Å². The third kappa shape index (κ3) is 4.11. The molecule has 0 atom stereocenters. The third-order valence-electron chi connectivity index (χ3n) is 1.55. The summed E-state index contributed by atoms with van der Waals surface area (Å²) in [5.41, 5.74) is 0. The fourth-order valence-electron chi connectivity index (χ4n) is 0.865. The van der Waals surface area contributed by atoms with Crippen LogP contribution in [0.15, 0.2) is 29.2 Å². The molecule has 0 unspecified atom stereocenters. The summed E-state index contributed by atoms with van der Waals surface area (Å²) in [6.45, 7) is 0. The van der Waals surface area contributed by atoms with Gasteiger partial charge in [0.2, 0.25) is 0 Å². The van der Waals surface area contributed by atoms with Crippen LogP contribution in [0.4, 0.5) is 4.39 Å². The summed E-state index contributed by atoms with van der Waals surface area (Å²) in [7, 11) is -2.95. The van der Waals surface area contributed by atoms with Gasteiger partial charge in [-0.2, -0.15) is 0 Å². The highest BCUT2D eigenvalue weighted by molar-refractivity contribution is 8.00. The Balaban J connectivity index is 2.51. The Bertz CT molecular complexity index is 401. The summed E-state index contributed by atoms with van der Waals surface area (Å²) in [5, 5.41) is 0. The van der Waals surface area contributed by atoms with E-state index in [0.29, 0.717) is 10.6 Å². The molecule has 0 aliphatic heterocycles. The number of hydrogen-bond donors (Lipinski definition) is 0. The maximum atomic E-state index is 13.0. The van der Waals surface area contributed by atoms with Crippen LogP contribution in [0.2, 0.25) is 0 Å². The van der Waals surface area contributed by atoms with Crippen LogP contribution in [0.1, 0.15) is 0 Å². The molecule has 0 radical (unpaired) electrons. The fraction of sp³-hybridized carbons (Fsp3) is 0.333. The second-order valence-electron chi connectivity index (χ2n) is 2.91. The molecule has 2 nitrogen and oxygen atoms in total. The van der Waals surface area contributed by atoms with Crippen molar-refractivity contribution in [2.75, 3.05) is 17.8 Å². The van der Waals surface area contributed by atoms with Crippen molar-refractivity contribution in [3.05, 3.63) is 30.1 Å². The number of rotatable bonds is 4. The largest absolute Gasteiger partial charge is 0.229 e. The van der Waals surface area contributed by atoms with Gasteiger partial charge < -0.3 is 0 Å². The first-order valence-corrected chi connectivity index (χ1v) is 7.09. The zero-order chi connectivity index (χ0) is 10.6. The lowest BCUT2D eigenvalue weighted by Gasteiger charge is -2.01. The lowest BCUT2D eigenvalue weighted by atomic mass is 10.3. The Kier molecular flexibility index (Phi) is 3.95. The van der Waals surface area contributed by atoms with Crippen LogP contribution in [-0.2, 0) is 9.84 Å². The second-order valence-corrected chi connectivity index (χ2v) is 6.31. The minimum absolute atomic E-state index is 0.0754. The summed E-state index contributed by atoms with van der Waals surface area (Å²) in [4.78, 5) is 0.496. The first kappa shape index (κ1) is 11.5. The normalized spacial score (nSPS) is 11.6. The lowest BCUT2D eigenvalue weighted by molar-refractivity contribution is 0.600. The van der Waals surface area contributed by atoms with Gasteiger partial charge in [-0.1, -0.05) is 12.1 Å². The Morgan fingerprint density at radius 1 is 1.36 bits per heavy atom. The van der Waals surface area contributed by atoms with Gasteiger partial charge in [-0.05, 0) is 12.1 Å². The number of benzene rings is 1. The predicted octanol–water partition coefficient (Wildman–Crippen LogP) is 1.96. The summed E-state index contributed by atoms with van der Waals surface area (Å²) in [6.07, 6.45) is 1.18. The van der Waals surface area contributed by atoms with E-state index in [2.05, 4.69) is 0 Å². The molecule has 0 bridgehead atoms. The summed E-state index contributed by atoms with van der Waals surface area (Å²) < 4.78 is 34.6. The highest BCUT2D eigenvalue weighted by Crippen LogP contribution is 2.20. The topological polar surface area (TPSA) is 34.1 Å². The maximum absolute atomic E-state index is 13.0. The minimum Gasteiger partial charge on any atom is -0.229 e. The van der Waals surface area contributed by atoms with E-state index in [1.165, 1.54) is 24.1 Å². The van der Waals surface area contributed by atoms with Crippen molar-refractivity contribution < 1.29 is 12.8 Å². The maximum Gasteiger partial charge on any atom is 0.148 e. The molecule has 0 amide bonds. The molecule has 0 saturated carbocycles. The molecule has 78 valence electrons. The SMILES string of the molecule is CS(=O)(=O)CCSc1ccccc1F. The van der Waals surface area contributed by atoms with Crippen molar-refractivity contribution in [3.8, 4) is 0 Å². The smallest absolute Gasteiger partial charge is 0.148 e. The van der Waals surface area contributed by atoms with Crippen LogP contribution >= 0.6 is 11.8 Å². The van der Waals surface area contributed by atoms with E-state index in [4.69, 9.17) is 0 Å². The first-order chi connectivity index (χ1) is 6.49. The average Bonchev–Trinajstić information content (AvgIpc) is 2.06. The van der Waals surface area contributed by atoms with E-state index < -0.39 is 9.84 Å². The van der Waals surface area contributed by atoms with Gasteiger partial charge in [0.15, 0.2) is 0 Å². The van der Waals surface area contributed by atoms with Crippen molar-refractivity contribution in [2.24, 2.45) is 0 Å². The second kappa shape index (κ2) is 4.79. The van der Waals surface area contributed by atoms with E-state index in [9.17, 15) is 12.8 Å². The van der Waals surface area contributed by atoms with Crippen LogP contribution < -0.4 is 0 Å². The van der Waals surface area contributed by atoms with Crippen molar-refractivity contribution >= 4 is 21.6 Å². The number of halogens is 1. The number of thioether (sulfide) groups is 1. The number of hydrogen-bond acceptors (Lipinski definition) is 3. The highest BCUT2D eigenvalue weighted by atomic mass is 32.2. The van der Waals surface area contributed by atoms with E-state index in [-0.39, 0.29) is 11.6 Å².